The molecule has 1 aliphatic carbocycles. The standard InChI is InChI=1S/C20H27N3O/c1-3-16-10-8-9-15(2)19(16)23-20(24)17(13-21)14-22-18-11-6-4-5-7-12-18/h8-10,14,18,22H,3-7,11-12H2,1-2H3,(H,23,24)/b17-14-. The van der Waals surface area contributed by atoms with Gasteiger partial charge in [-0.1, -0.05) is 50.8 Å². The second-order valence-electron chi connectivity index (χ2n) is 6.44. The average molecular weight is 325 g/mol. The smallest absolute Gasteiger partial charge is 0.267 e. The minimum atomic E-state index is -0.345. The van der Waals surface area contributed by atoms with Gasteiger partial charge in [0.2, 0.25) is 0 Å². The van der Waals surface area contributed by atoms with Gasteiger partial charge in [-0.3, -0.25) is 4.79 Å². The summed E-state index contributed by atoms with van der Waals surface area (Å²) in [7, 11) is 0. The second kappa shape index (κ2) is 9.12. The zero-order valence-corrected chi connectivity index (χ0v) is 14.7. The van der Waals surface area contributed by atoms with E-state index in [1.807, 2.05) is 31.2 Å². The molecular formula is C20H27N3O. The summed E-state index contributed by atoms with van der Waals surface area (Å²) >= 11 is 0. The lowest BCUT2D eigenvalue weighted by atomic mass is 10.1. The minimum Gasteiger partial charge on any atom is -0.387 e. The summed E-state index contributed by atoms with van der Waals surface area (Å²) < 4.78 is 0. The van der Waals surface area contributed by atoms with Crippen molar-refractivity contribution in [2.75, 3.05) is 5.32 Å². The SMILES string of the molecule is CCc1cccc(C)c1NC(=O)/C(C#N)=C\NC1CCCCCC1. The molecule has 2 N–H and O–H groups in total. The van der Waals surface area contributed by atoms with Crippen LogP contribution in [-0.2, 0) is 11.2 Å². The highest BCUT2D eigenvalue weighted by atomic mass is 16.1. The summed E-state index contributed by atoms with van der Waals surface area (Å²) in [6, 6.07) is 8.34. The van der Waals surface area contributed by atoms with Crippen LogP contribution in [0.25, 0.3) is 0 Å². The maximum Gasteiger partial charge on any atom is 0.267 e. The highest BCUT2D eigenvalue weighted by molar-refractivity contribution is 6.07. The van der Waals surface area contributed by atoms with Gasteiger partial charge in [0.05, 0.1) is 0 Å². The molecule has 0 spiro atoms. The Hall–Kier alpha value is -2.28. The lowest BCUT2D eigenvalue weighted by Crippen LogP contribution is -2.25. The molecule has 0 saturated heterocycles. The molecule has 0 radical (unpaired) electrons. The zero-order chi connectivity index (χ0) is 17.4. The van der Waals surface area contributed by atoms with E-state index in [0.29, 0.717) is 6.04 Å². The topological polar surface area (TPSA) is 64.9 Å². The van der Waals surface area contributed by atoms with Crippen molar-refractivity contribution >= 4 is 11.6 Å². The molecule has 0 bridgehead atoms. The van der Waals surface area contributed by atoms with Gasteiger partial charge in [-0.25, -0.2) is 0 Å². The van der Waals surface area contributed by atoms with Crippen molar-refractivity contribution in [3.63, 3.8) is 0 Å². The van der Waals surface area contributed by atoms with E-state index in [2.05, 4.69) is 17.6 Å². The maximum atomic E-state index is 12.5. The van der Waals surface area contributed by atoms with Gasteiger partial charge in [0.15, 0.2) is 0 Å². The van der Waals surface area contributed by atoms with Crippen LogP contribution in [0, 0.1) is 18.3 Å². The van der Waals surface area contributed by atoms with Crippen LogP contribution in [0.3, 0.4) is 0 Å². The fourth-order valence-corrected chi connectivity index (χ4v) is 3.18. The van der Waals surface area contributed by atoms with Gasteiger partial charge >= 0.3 is 0 Å². The van der Waals surface area contributed by atoms with Crippen LogP contribution >= 0.6 is 0 Å². The number of hydrogen-bond acceptors (Lipinski definition) is 3. The first kappa shape index (κ1) is 18.1. The Morgan fingerprint density at radius 2 is 2.00 bits per heavy atom. The number of nitrogens with one attached hydrogen (secondary N) is 2. The number of benzene rings is 1. The number of rotatable bonds is 5. The van der Waals surface area contributed by atoms with Crippen molar-refractivity contribution in [1.29, 1.82) is 5.26 Å². The number of anilines is 1. The van der Waals surface area contributed by atoms with Gasteiger partial charge in [0, 0.05) is 17.9 Å². The summed E-state index contributed by atoms with van der Waals surface area (Å²) in [5, 5.41) is 15.5. The highest BCUT2D eigenvalue weighted by Gasteiger charge is 2.15. The van der Waals surface area contributed by atoms with E-state index < -0.39 is 0 Å². The van der Waals surface area contributed by atoms with Gasteiger partial charge in [-0.05, 0) is 37.3 Å². The van der Waals surface area contributed by atoms with Crippen LogP contribution in [0.4, 0.5) is 5.69 Å². The van der Waals surface area contributed by atoms with Gasteiger partial charge in [0.25, 0.3) is 5.91 Å². The third kappa shape index (κ3) is 4.86. The number of hydrogen-bond donors (Lipinski definition) is 2. The third-order valence-electron chi connectivity index (χ3n) is 4.66. The monoisotopic (exact) mass is 325 g/mol. The first-order valence-electron chi connectivity index (χ1n) is 8.91. The molecule has 128 valence electrons. The minimum absolute atomic E-state index is 0.129. The number of nitriles is 1. The zero-order valence-electron chi connectivity index (χ0n) is 14.7. The molecule has 1 aliphatic rings. The Bertz CT molecular complexity index is 635. The van der Waals surface area contributed by atoms with Crippen molar-refractivity contribution in [3.05, 3.63) is 41.1 Å². The molecule has 0 heterocycles. The third-order valence-corrected chi connectivity index (χ3v) is 4.66. The maximum absolute atomic E-state index is 12.5. The molecule has 1 amide bonds. The molecule has 4 nitrogen and oxygen atoms in total. The van der Waals surface area contributed by atoms with Gasteiger partial charge in [0.1, 0.15) is 11.6 Å². The number of amides is 1. The lowest BCUT2D eigenvalue weighted by molar-refractivity contribution is -0.112. The van der Waals surface area contributed by atoms with Crippen molar-refractivity contribution in [2.24, 2.45) is 0 Å². The van der Waals surface area contributed by atoms with Gasteiger partial charge in [-0.2, -0.15) is 5.26 Å². The Morgan fingerprint density at radius 3 is 2.62 bits per heavy atom. The largest absolute Gasteiger partial charge is 0.387 e. The van der Waals surface area contributed by atoms with E-state index in [1.54, 1.807) is 6.20 Å². The van der Waals surface area contributed by atoms with E-state index in [-0.39, 0.29) is 11.5 Å². The van der Waals surface area contributed by atoms with Crippen molar-refractivity contribution in [2.45, 2.75) is 64.8 Å². The molecule has 1 fully saturated rings. The second-order valence-corrected chi connectivity index (χ2v) is 6.44. The van der Waals surface area contributed by atoms with Crippen LogP contribution in [0.15, 0.2) is 30.0 Å². The molecule has 2 rings (SSSR count). The Morgan fingerprint density at radius 1 is 1.29 bits per heavy atom. The molecule has 24 heavy (non-hydrogen) atoms. The molecule has 1 saturated carbocycles. The average Bonchev–Trinajstić information content (AvgIpc) is 2.86. The molecule has 1 aromatic carbocycles. The van der Waals surface area contributed by atoms with Crippen LogP contribution in [0.2, 0.25) is 0 Å². The number of para-hydroxylation sites is 1. The molecule has 0 aromatic heterocycles. The Kier molecular flexibility index (Phi) is 6.87. The van der Waals surface area contributed by atoms with Crippen molar-refractivity contribution in [1.82, 2.24) is 5.32 Å². The number of carbonyl (C=O) groups is 1. The number of aryl methyl sites for hydroxylation is 2. The molecule has 0 atom stereocenters. The summed E-state index contributed by atoms with van der Waals surface area (Å²) in [6.45, 7) is 4.02. The van der Waals surface area contributed by atoms with E-state index in [0.717, 1.165) is 36.1 Å². The molecule has 4 heteroatoms. The molecule has 0 aliphatic heterocycles. The summed E-state index contributed by atoms with van der Waals surface area (Å²) in [5.74, 6) is -0.345. The Balaban J connectivity index is 2.06. The predicted octanol–water partition coefficient (Wildman–Crippen LogP) is 4.22. The van der Waals surface area contributed by atoms with Crippen LogP contribution in [0.1, 0.15) is 56.6 Å². The molecule has 1 aromatic rings. The predicted molar refractivity (Wildman–Crippen MR) is 97.5 cm³/mol. The van der Waals surface area contributed by atoms with Crippen LogP contribution < -0.4 is 10.6 Å². The fourth-order valence-electron chi connectivity index (χ4n) is 3.18. The van der Waals surface area contributed by atoms with E-state index >= 15 is 0 Å². The summed E-state index contributed by atoms with van der Waals surface area (Å²) in [6.07, 6.45) is 9.62. The first-order valence-corrected chi connectivity index (χ1v) is 8.91. The van der Waals surface area contributed by atoms with Gasteiger partial charge < -0.3 is 10.6 Å². The van der Waals surface area contributed by atoms with Gasteiger partial charge in [-0.15, -0.1) is 0 Å². The van der Waals surface area contributed by atoms with E-state index in [1.165, 1.54) is 25.7 Å². The van der Waals surface area contributed by atoms with E-state index in [9.17, 15) is 10.1 Å². The lowest BCUT2D eigenvalue weighted by Gasteiger charge is -2.15. The number of carbonyl (C=O) groups excluding carboxylic acids is 1. The normalized spacial score (nSPS) is 16.1. The Labute approximate surface area is 144 Å². The fraction of sp³-hybridized carbons (Fsp3) is 0.500. The number of nitrogens with zero attached hydrogens (tertiary/aromatic N) is 1. The van der Waals surface area contributed by atoms with Crippen LogP contribution in [0.5, 0.6) is 0 Å². The summed E-state index contributed by atoms with van der Waals surface area (Å²) in [5.41, 5.74) is 3.04. The first-order chi connectivity index (χ1) is 11.7. The molecular weight excluding hydrogens is 298 g/mol. The van der Waals surface area contributed by atoms with Crippen LogP contribution in [-0.4, -0.2) is 11.9 Å². The van der Waals surface area contributed by atoms with Crippen molar-refractivity contribution in [3.8, 4) is 6.07 Å². The molecule has 0 unspecified atom stereocenters. The quantitative estimate of drug-likeness (QED) is 0.484. The van der Waals surface area contributed by atoms with E-state index in [4.69, 9.17) is 0 Å². The highest BCUT2D eigenvalue weighted by Crippen LogP contribution is 2.22. The van der Waals surface area contributed by atoms with Crippen molar-refractivity contribution < 1.29 is 4.79 Å². The summed E-state index contributed by atoms with van der Waals surface area (Å²) in [4.78, 5) is 12.5.